The van der Waals surface area contributed by atoms with Crippen LogP contribution in [0.15, 0.2) is 11.0 Å². The van der Waals surface area contributed by atoms with Crippen molar-refractivity contribution in [3.63, 3.8) is 0 Å². The third-order valence-electron chi connectivity index (χ3n) is 3.76. The molecule has 0 aliphatic heterocycles. The number of hydrogen-bond donors (Lipinski definition) is 1. The number of aryl methyl sites for hydroxylation is 2. The van der Waals surface area contributed by atoms with Crippen molar-refractivity contribution in [2.75, 3.05) is 7.11 Å². The number of fused-ring (bicyclic) bond motifs is 1. The fraction of sp³-hybridized carbons (Fsp3) is 0.500. The summed E-state index contributed by atoms with van der Waals surface area (Å²) in [6.45, 7) is 7.56. The summed E-state index contributed by atoms with van der Waals surface area (Å²) >= 11 is 1.39. The summed E-state index contributed by atoms with van der Waals surface area (Å²) in [7, 11) is 1.27. The zero-order valence-electron chi connectivity index (χ0n) is 14.4. The largest absolute Gasteiger partial charge is 0.467 e. The van der Waals surface area contributed by atoms with Gasteiger partial charge in [0, 0.05) is 16.8 Å². The molecule has 2 aromatic heterocycles. The van der Waals surface area contributed by atoms with Crippen molar-refractivity contribution < 1.29 is 14.3 Å². The number of aromatic nitrogens is 2. The second kappa shape index (κ2) is 7.12. The number of carbonyl (C=O) groups excluding carboxylic acids is 2. The number of esters is 1. The van der Waals surface area contributed by atoms with Crippen LogP contribution in [0.2, 0.25) is 0 Å². The fourth-order valence-electron chi connectivity index (χ4n) is 2.40. The molecule has 1 amide bonds. The minimum atomic E-state index is -0.798. The molecule has 0 aromatic carbocycles. The van der Waals surface area contributed by atoms with Crippen LogP contribution >= 0.6 is 11.3 Å². The van der Waals surface area contributed by atoms with Crippen molar-refractivity contribution in [2.45, 2.75) is 40.2 Å². The molecule has 2 aromatic rings. The minimum Gasteiger partial charge on any atom is -0.467 e. The van der Waals surface area contributed by atoms with Crippen LogP contribution in [0, 0.1) is 19.8 Å². The Hall–Kier alpha value is -2.22. The van der Waals surface area contributed by atoms with Crippen LogP contribution in [0.4, 0.5) is 0 Å². The van der Waals surface area contributed by atoms with Crippen LogP contribution in [-0.2, 0) is 9.53 Å². The van der Waals surface area contributed by atoms with E-state index >= 15 is 0 Å². The lowest BCUT2D eigenvalue weighted by Gasteiger charge is -2.18. The molecule has 0 radical (unpaired) electrons. The average Bonchev–Trinajstić information content (AvgIpc) is 2.81. The molecule has 0 fully saturated rings. The number of rotatable bonds is 5. The number of thiazole rings is 1. The van der Waals surface area contributed by atoms with Crippen molar-refractivity contribution >= 4 is 28.2 Å². The number of methoxy groups -OCH3 is 1. The van der Waals surface area contributed by atoms with Gasteiger partial charge in [-0.2, -0.15) is 0 Å². The quantitative estimate of drug-likeness (QED) is 0.828. The van der Waals surface area contributed by atoms with Crippen LogP contribution in [0.25, 0.3) is 4.96 Å². The Bertz CT molecular complexity index is 838. The first-order chi connectivity index (χ1) is 11.3. The molecule has 0 spiro atoms. The highest BCUT2D eigenvalue weighted by Crippen LogP contribution is 2.18. The smallest absolute Gasteiger partial charge is 0.328 e. The van der Waals surface area contributed by atoms with Gasteiger partial charge in [0.05, 0.1) is 7.11 Å². The summed E-state index contributed by atoms with van der Waals surface area (Å²) in [6.07, 6.45) is 1.68. The van der Waals surface area contributed by atoms with E-state index in [1.54, 1.807) is 6.92 Å². The second-order valence-corrected chi connectivity index (χ2v) is 7.20. The highest BCUT2D eigenvalue weighted by atomic mass is 32.1. The van der Waals surface area contributed by atoms with E-state index < -0.39 is 23.5 Å². The Kier molecular flexibility index (Phi) is 5.38. The molecule has 0 saturated carbocycles. The van der Waals surface area contributed by atoms with Gasteiger partial charge >= 0.3 is 5.97 Å². The zero-order chi connectivity index (χ0) is 18.0. The summed E-state index contributed by atoms with van der Waals surface area (Å²) < 4.78 is 6.14. The number of carbonyl (C=O) groups is 2. The molecule has 0 unspecified atom stereocenters. The molecule has 2 heterocycles. The second-order valence-electron chi connectivity index (χ2n) is 6.02. The topological polar surface area (TPSA) is 89.8 Å². The van der Waals surface area contributed by atoms with Gasteiger partial charge in [-0.3, -0.25) is 14.0 Å². The van der Waals surface area contributed by atoms with E-state index in [-0.39, 0.29) is 11.5 Å². The van der Waals surface area contributed by atoms with Gasteiger partial charge in [-0.1, -0.05) is 13.8 Å². The molecule has 0 aliphatic rings. The fourth-order valence-corrected chi connectivity index (χ4v) is 3.32. The highest BCUT2D eigenvalue weighted by molar-refractivity contribution is 7.17. The maximum Gasteiger partial charge on any atom is 0.328 e. The first-order valence-electron chi connectivity index (χ1n) is 7.62. The summed E-state index contributed by atoms with van der Waals surface area (Å²) in [5.74, 6) is -0.979. The van der Waals surface area contributed by atoms with Crippen LogP contribution in [0.5, 0.6) is 0 Å². The Morgan fingerprint density at radius 3 is 2.62 bits per heavy atom. The lowest BCUT2D eigenvalue weighted by Crippen LogP contribution is -2.44. The Labute approximate surface area is 143 Å². The lowest BCUT2D eigenvalue weighted by atomic mass is 10.0. The van der Waals surface area contributed by atoms with Crippen LogP contribution in [-0.4, -0.2) is 34.4 Å². The summed E-state index contributed by atoms with van der Waals surface area (Å²) in [5, 5.41) is 2.58. The number of hydrogen-bond acceptors (Lipinski definition) is 6. The molecule has 0 aliphatic carbocycles. The first-order valence-corrected chi connectivity index (χ1v) is 8.44. The molecule has 0 bridgehead atoms. The molecular formula is C16H21N3O4S. The normalized spacial score (nSPS) is 12.4. The van der Waals surface area contributed by atoms with E-state index in [1.807, 2.05) is 20.8 Å². The standard InChI is InChI=1S/C16H21N3O4S/c1-8(2)6-12(15(22)23-5)18-13(20)11-7-17-16-19(14(11)21)9(3)10(4)24-16/h7-8,12H,6H2,1-5H3,(H,18,20)/t12-/m0/s1. The van der Waals surface area contributed by atoms with E-state index in [1.165, 1.54) is 29.0 Å². The van der Waals surface area contributed by atoms with Crippen molar-refractivity contribution in [1.82, 2.24) is 14.7 Å². The average molecular weight is 351 g/mol. The van der Waals surface area contributed by atoms with Gasteiger partial charge in [0.2, 0.25) is 0 Å². The number of amides is 1. The molecule has 7 nitrogen and oxygen atoms in total. The van der Waals surface area contributed by atoms with Gasteiger partial charge in [-0.15, -0.1) is 11.3 Å². The van der Waals surface area contributed by atoms with E-state index in [4.69, 9.17) is 4.74 Å². The number of nitrogens with zero attached hydrogens (tertiary/aromatic N) is 2. The molecule has 1 atom stereocenters. The molecule has 24 heavy (non-hydrogen) atoms. The Morgan fingerprint density at radius 1 is 1.38 bits per heavy atom. The third-order valence-corrected chi connectivity index (χ3v) is 4.83. The van der Waals surface area contributed by atoms with Crippen molar-refractivity contribution in [2.24, 2.45) is 5.92 Å². The van der Waals surface area contributed by atoms with Crippen LogP contribution in [0.3, 0.4) is 0 Å². The summed E-state index contributed by atoms with van der Waals surface area (Å²) in [4.78, 5) is 42.6. The maximum atomic E-state index is 12.6. The SMILES string of the molecule is COC(=O)[C@H](CC(C)C)NC(=O)c1cnc2sc(C)c(C)n2c1=O. The van der Waals surface area contributed by atoms with Crippen molar-refractivity contribution in [1.29, 1.82) is 0 Å². The molecule has 8 heteroatoms. The third kappa shape index (κ3) is 3.48. The van der Waals surface area contributed by atoms with Gasteiger partial charge in [0.15, 0.2) is 4.96 Å². The molecule has 2 rings (SSSR count). The molecule has 130 valence electrons. The number of ether oxygens (including phenoxy) is 1. The lowest BCUT2D eigenvalue weighted by molar-refractivity contribution is -0.143. The monoisotopic (exact) mass is 351 g/mol. The zero-order valence-corrected chi connectivity index (χ0v) is 15.2. The maximum absolute atomic E-state index is 12.6. The van der Waals surface area contributed by atoms with E-state index in [0.717, 1.165) is 10.6 Å². The highest BCUT2D eigenvalue weighted by Gasteiger charge is 2.25. The van der Waals surface area contributed by atoms with Crippen LogP contribution in [0.1, 0.15) is 41.2 Å². The summed E-state index contributed by atoms with van der Waals surface area (Å²) in [6, 6.07) is -0.798. The van der Waals surface area contributed by atoms with E-state index in [2.05, 4.69) is 10.3 Å². The predicted octanol–water partition coefficient (Wildman–Crippen LogP) is 1.69. The predicted molar refractivity (Wildman–Crippen MR) is 91.5 cm³/mol. The summed E-state index contributed by atoms with van der Waals surface area (Å²) in [5.41, 5.74) is 0.229. The minimum absolute atomic E-state index is 0.0916. The first kappa shape index (κ1) is 18.1. The Morgan fingerprint density at radius 2 is 2.04 bits per heavy atom. The van der Waals surface area contributed by atoms with Crippen molar-refractivity contribution in [3.05, 3.63) is 32.7 Å². The molecule has 1 N–H and O–H groups in total. The molecule has 0 saturated heterocycles. The van der Waals surface area contributed by atoms with Gasteiger partial charge in [-0.25, -0.2) is 9.78 Å². The Balaban J connectivity index is 2.37. The van der Waals surface area contributed by atoms with E-state index in [0.29, 0.717) is 11.4 Å². The van der Waals surface area contributed by atoms with Crippen LogP contribution < -0.4 is 10.9 Å². The van der Waals surface area contributed by atoms with Gasteiger partial charge < -0.3 is 10.1 Å². The number of nitrogens with one attached hydrogen (secondary N) is 1. The van der Waals surface area contributed by atoms with Crippen molar-refractivity contribution in [3.8, 4) is 0 Å². The van der Waals surface area contributed by atoms with Gasteiger partial charge in [0.1, 0.15) is 11.6 Å². The molecular weight excluding hydrogens is 330 g/mol. The van der Waals surface area contributed by atoms with Gasteiger partial charge in [0.25, 0.3) is 11.5 Å². The van der Waals surface area contributed by atoms with Gasteiger partial charge in [-0.05, 0) is 26.2 Å². The van der Waals surface area contributed by atoms with E-state index in [9.17, 15) is 14.4 Å².